The molecule has 9 heteroatoms. The molecule has 7 nitrogen and oxygen atoms in total. The fourth-order valence-electron chi connectivity index (χ4n) is 2.83. The monoisotopic (exact) mass is 502 g/mol. The van der Waals surface area contributed by atoms with Crippen molar-refractivity contribution in [1.82, 2.24) is 4.72 Å². The number of aromatic carboxylic acids is 1. The highest BCUT2D eigenvalue weighted by molar-refractivity contribution is 9.10. The van der Waals surface area contributed by atoms with E-state index in [2.05, 4.69) is 26.0 Å². The molecule has 160 valence electrons. The first-order valence-electron chi connectivity index (χ1n) is 9.20. The number of hydrogen-bond donors (Lipinski definition) is 3. The smallest absolute Gasteiger partial charge is 0.335 e. The first-order valence-corrected chi connectivity index (χ1v) is 11.5. The quantitative estimate of drug-likeness (QED) is 0.434. The minimum Gasteiger partial charge on any atom is -0.478 e. The number of carboxylic acids is 1. The second-order valence-electron chi connectivity index (χ2n) is 6.69. The molecule has 1 amide bonds. The van der Waals surface area contributed by atoms with Gasteiger partial charge in [-0.2, -0.15) is 4.72 Å². The fourth-order valence-corrected chi connectivity index (χ4v) is 4.29. The molecule has 0 spiro atoms. The standard InChI is InChI=1S/C22H19BrN2O5S/c23-17-8-12-19(13-9-17)31(29,30)25-20(14-15-4-2-1-3-5-15)21(26)24-18-10-6-16(7-11-18)22(27)28/h1-13,20,25H,14H2,(H,24,26)(H,27,28). The fraction of sp³-hybridized carbons (Fsp3) is 0.0909. The molecular weight excluding hydrogens is 484 g/mol. The van der Waals surface area contributed by atoms with Gasteiger partial charge in [-0.1, -0.05) is 46.3 Å². The topological polar surface area (TPSA) is 113 Å². The lowest BCUT2D eigenvalue weighted by molar-refractivity contribution is -0.117. The Morgan fingerprint density at radius 3 is 2.10 bits per heavy atom. The summed E-state index contributed by atoms with van der Waals surface area (Å²) in [4.78, 5) is 24.0. The van der Waals surface area contributed by atoms with Crippen LogP contribution in [-0.2, 0) is 21.2 Å². The van der Waals surface area contributed by atoms with Gasteiger partial charge in [0.2, 0.25) is 15.9 Å². The molecule has 0 radical (unpaired) electrons. The number of sulfonamides is 1. The summed E-state index contributed by atoms with van der Waals surface area (Å²) in [5.74, 6) is -1.64. The highest BCUT2D eigenvalue weighted by atomic mass is 79.9. The van der Waals surface area contributed by atoms with Crippen LogP contribution in [0.1, 0.15) is 15.9 Å². The lowest BCUT2D eigenvalue weighted by Gasteiger charge is -2.19. The van der Waals surface area contributed by atoms with E-state index >= 15 is 0 Å². The van der Waals surface area contributed by atoms with E-state index in [1.165, 1.54) is 36.4 Å². The molecule has 0 aliphatic heterocycles. The summed E-state index contributed by atoms with van der Waals surface area (Å²) >= 11 is 3.27. The van der Waals surface area contributed by atoms with Crippen LogP contribution in [0.4, 0.5) is 5.69 Å². The first kappa shape index (κ1) is 22.7. The minimum absolute atomic E-state index is 0.0346. The Labute approximate surface area is 188 Å². The number of hydrogen-bond acceptors (Lipinski definition) is 4. The van der Waals surface area contributed by atoms with E-state index in [0.29, 0.717) is 5.69 Å². The third-order valence-electron chi connectivity index (χ3n) is 4.42. The zero-order chi connectivity index (χ0) is 22.4. The van der Waals surface area contributed by atoms with Crippen molar-refractivity contribution < 1.29 is 23.1 Å². The van der Waals surface area contributed by atoms with Gasteiger partial charge < -0.3 is 10.4 Å². The Bertz CT molecular complexity index is 1160. The Morgan fingerprint density at radius 2 is 1.52 bits per heavy atom. The lowest BCUT2D eigenvalue weighted by Crippen LogP contribution is -2.45. The van der Waals surface area contributed by atoms with E-state index in [1.807, 2.05) is 6.07 Å². The molecule has 0 saturated heterocycles. The number of halogens is 1. The number of carbonyl (C=O) groups excluding carboxylic acids is 1. The predicted octanol–water partition coefficient (Wildman–Crippen LogP) is 3.68. The van der Waals surface area contributed by atoms with Gasteiger partial charge in [-0.3, -0.25) is 4.79 Å². The first-order chi connectivity index (χ1) is 14.7. The molecule has 0 aliphatic carbocycles. The number of benzene rings is 3. The third-order valence-corrected chi connectivity index (χ3v) is 6.44. The molecule has 0 fully saturated rings. The van der Waals surface area contributed by atoms with Crippen LogP contribution in [0.2, 0.25) is 0 Å². The summed E-state index contributed by atoms with van der Waals surface area (Å²) in [5.41, 5.74) is 1.22. The molecule has 1 atom stereocenters. The van der Waals surface area contributed by atoms with Gasteiger partial charge in [0, 0.05) is 10.2 Å². The van der Waals surface area contributed by atoms with Crippen molar-refractivity contribution in [2.75, 3.05) is 5.32 Å². The van der Waals surface area contributed by atoms with E-state index in [-0.39, 0.29) is 16.9 Å². The average Bonchev–Trinajstić information content (AvgIpc) is 2.74. The number of nitrogens with one attached hydrogen (secondary N) is 2. The van der Waals surface area contributed by atoms with Crippen molar-refractivity contribution in [1.29, 1.82) is 0 Å². The largest absolute Gasteiger partial charge is 0.478 e. The average molecular weight is 503 g/mol. The van der Waals surface area contributed by atoms with Gasteiger partial charge in [0.1, 0.15) is 6.04 Å². The van der Waals surface area contributed by atoms with Gasteiger partial charge in [-0.15, -0.1) is 0 Å². The third kappa shape index (κ3) is 6.24. The minimum atomic E-state index is -3.96. The number of rotatable bonds is 8. The molecular formula is C22H19BrN2O5S. The number of anilines is 1. The van der Waals surface area contributed by atoms with Crippen LogP contribution >= 0.6 is 15.9 Å². The molecule has 0 heterocycles. The van der Waals surface area contributed by atoms with Crippen LogP contribution in [0.15, 0.2) is 88.2 Å². The Balaban J connectivity index is 1.83. The Hall–Kier alpha value is -3.01. The zero-order valence-corrected chi connectivity index (χ0v) is 18.6. The van der Waals surface area contributed by atoms with E-state index in [4.69, 9.17) is 5.11 Å². The second-order valence-corrected chi connectivity index (χ2v) is 9.32. The summed E-state index contributed by atoms with van der Waals surface area (Å²) in [7, 11) is -3.96. The summed E-state index contributed by atoms with van der Waals surface area (Å²) in [6.07, 6.45) is 0.135. The van der Waals surface area contributed by atoms with Crippen LogP contribution in [0.25, 0.3) is 0 Å². The van der Waals surface area contributed by atoms with E-state index in [9.17, 15) is 18.0 Å². The summed E-state index contributed by atoms with van der Waals surface area (Å²) in [6, 6.07) is 19.6. The number of carboxylic acid groups (broad SMARTS) is 1. The van der Waals surface area contributed by atoms with Crippen LogP contribution < -0.4 is 10.0 Å². The van der Waals surface area contributed by atoms with Gasteiger partial charge in [0.15, 0.2) is 0 Å². The zero-order valence-electron chi connectivity index (χ0n) is 16.2. The molecule has 0 saturated carbocycles. The molecule has 3 aromatic rings. The second kappa shape index (κ2) is 9.86. The van der Waals surface area contributed by atoms with Crippen LogP contribution in [0.5, 0.6) is 0 Å². The summed E-state index contributed by atoms with van der Waals surface area (Å²) in [5, 5.41) is 11.6. The van der Waals surface area contributed by atoms with Gasteiger partial charge in [-0.05, 0) is 60.5 Å². The van der Waals surface area contributed by atoms with Gasteiger partial charge in [-0.25, -0.2) is 13.2 Å². The normalized spacial score (nSPS) is 12.2. The molecule has 0 aromatic heterocycles. The highest BCUT2D eigenvalue weighted by Crippen LogP contribution is 2.17. The van der Waals surface area contributed by atoms with Crippen LogP contribution in [0.3, 0.4) is 0 Å². The van der Waals surface area contributed by atoms with Crippen molar-refractivity contribution in [2.24, 2.45) is 0 Å². The van der Waals surface area contributed by atoms with E-state index < -0.39 is 27.9 Å². The molecule has 3 aromatic carbocycles. The molecule has 0 aliphatic rings. The number of amides is 1. The Kier molecular flexibility index (Phi) is 7.21. The highest BCUT2D eigenvalue weighted by Gasteiger charge is 2.26. The predicted molar refractivity (Wildman–Crippen MR) is 120 cm³/mol. The molecule has 3 rings (SSSR count). The molecule has 3 N–H and O–H groups in total. The van der Waals surface area contributed by atoms with Crippen molar-refractivity contribution in [3.8, 4) is 0 Å². The summed E-state index contributed by atoms with van der Waals surface area (Å²) in [6.45, 7) is 0. The van der Waals surface area contributed by atoms with E-state index in [1.54, 1.807) is 36.4 Å². The summed E-state index contributed by atoms with van der Waals surface area (Å²) < 4.78 is 28.9. The van der Waals surface area contributed by atoms with Crippen molar-refractivity contribution in [3.63, 3.8) is 0 Å². The van der Waals surface area contributed by atoms with Crippen molar-refractivity contribution in [3.05, 3.63) is 94.5 Å². The number of carbonyl (C=O) groups is 2. The van der Waals surface area contributed by atoms with Crippen molar-refractivity contribution >= 4 is 43.5 Å². The van der Waals surface area contributed by atoms with Crippen LogP contribution in [-0.4, -0.2) is 31.4 Å². The lowest BCUT2D eigenvalue weighted by atomic mass is 10.1. The molecule has 0 bridgehead atoms. The maximum atomic E-state index is 12.9. The van der Waals surface area contributed by atoms with Gasteiger partial charge in [0.25, 0.3) is 0 Å². The van der Waals surface area contributed by atoms with Gasteiger partial charge >= 0.3 is 5.97 Å². The van der Waals surface area contributed by atoms with E-state index in [0.717, 1.165) is 10.0 Å². The van der Waals surface area contributed by atoms with Gasteiger partial charge in [0.05, 0.1) is 10.5 Å². The maximum absolute atomic E-state index is 12.9. The maximum Gasteiger partial charge on any atom is 0.335 e. The SMILES string of the molecule is O=C(O)c1ccc(NC(=O)C(Cc2ccccc2)NS(=O)(=O)c2ccc(Br)cc2)cc1. The molecule has 1 unspecified atom stereocenters. The Morgan fingerprint density at radius 1 is 0.903 bits per heavy atom. The van der Waals surface area contributed by atoms with Crippen LogP contribution in [0, 0.1) is 0 Å². The van der Waals surface area contributed by atoms with Crippen molar-refractivity contribution in [2.45, 2.75) is 17.4 Å². The molecule has 31 heavy (non-hydrogen) atoms.